The summed E-state index contributed by atoms with van der Waals surface area (Å²) >= 11 is 0. The zero-order valence-corrected chi connectivity index (χ0v) is 17.8. The highest BCUT2D eigenvalue weighted by atomic mass is 16.5. The highest BCUT2D eigenvalue weighted by Crippen LogP contribution is 2.31. The van der Waals surface area contributed by atoms with Gasteiger partial charge in [-0.3, -0.25) is 14.6 Å². The van der Waals surface area contributed by atoms with Crippen molar-refractivity contribution >= 4 is 17.5 Å². The largest absolute Gasteiger partial charge is 0.394 e. The van der Waals surface area contributed by atoms with Crippen LogP contribution in [0.25, 0.3) is 0 Å². The molecule has 2 heterocycles. The van der Waals surface area contributed by atoms with Crippen molar-refractivity contribution in [1.29, 1.82) is 0 Å². The summed E-state index contributed by atoms with van der Waals surface area (Å²) in [6.45, 7) is 1.95. The lowest BCUT2D eigenvalue weighted by atomic mass is 9.98. The number of hydrogen-bond acceptors (Lipinski definition) is 5. The van der Waals surface area contributed by atoms with Crippen LogP contribution in [0.4, 0.5) is 5.69 Å². The third-order valence-corrected chi connectivity index (χ3v) is 5.61. The van der Waals surface area contributed by atoms with Crippen molar-refractivity contribution in [3.05, 3.63) is 95.3 Å². The lowest BCUT2D eigenvalue weighted by Crippen LogP contribution is -2.52. The molecule has 1 fully saturated rings. The van der Waals surface area contributed by atoms with Crippen molar-refractivity contribution in [1.82, 2.24) is 9.88 Å². The van der Waals surface area contributed by atoms with Crippen LogP contribution in [0.2, 0.25) is 0 Å². The van der Waals surface area contributed by atoms with E-state index in [4.69, 9.17) is 4.74 Å². The third kappa shape index (κ3) is 4.69. The first kappa shape index (κ1) is 21.7. The van der Waals surface area contributed by atoms with Gasteiger partial charge < -0.3 is 20.1 Å². The molecule has 1 aromatic heterocycles. The number of amides is 2. The fourth-order valence-corrected chi connectivity index (χ4v) is 3.89. The molecule has 0 saturated carbocycles. The zero-order chi connectivity index (χ0) is 22.5. The van der Waals surface area contributed by atoms with E-state index >= 15 is 0 Å². The number of nitrogens with zero attached hydrogens (tertiary/aromatic N) is 2. The molecule has 2 amide bonds. The van der Waals surface area contributed by atoms with Gasteiger partial charge in [0.1, 0.15) is 12.7 Å². The van der Waals surface area contributed by atoms with Crippen LogP contribution in [0.1, 0.15) is 33.2 Å². The lowest BCUT2D eigenvalue weighted by molar-refractivity contribution is -0.162. The first-order valence-electron chi connectivity index (χ1n) is 10.4. The molecule has 0 radical (unpaired) electrons. The summed E-state index contributed by atoms with van der Waals surface area (Å²) in [5.41, 5.74) is 3.89. The molecule has 7 nitrogen and oxygen atoms in total. The minimum Gasteiger partial charge on any atom is -0.394 e. The van der Waals surface area contributed by atoms with Crippen LogP contribution in [0.5, 0.6) is 0 Å². The smallest absolute Gasteiger partial charge is 0.255 e. The first-order valence-corrected chi connectivity index (χ1v) is 10.4. The molecule has 2 unspecified atom stereocenters. The summed E-state index contributed by atoms with van der Waals surface area (Å²) < 4.78 is 5.80. The van der Waals surface area contributed by atoms with E-state index < -0.39 is 12.1 Å². The fraction of sp³-hybridized carbons (Fsp3) is 0.240. The van der Waals surface area contributed by atoms with Crippen LogP contribution in [0.15, 0.2) is 73.1 Å². The van der Waals surface area contributed by atoms with E-state index in [1.165, 1.54) is 0 Å². The number of pyridine rings is 1. The molecular weight excluding hydrogens is 406 g/mol. The number of morpholine rings is 1. The number of rotatable bonds is 6. The van der Waals surface area contributed by atoms with Gasteiger partial charge in [-0.25, -0.2) is 0 Å². The number of ether oxygens (including phenoxy) is 1. The summed E-state index contributed by atoms with van der Waals surface area (Å²) in [5.74, 6) is -0.350. The van der Waals surface area contributed by atoms with E-state index in [0.717, 1.165) is 16.7 Å². The van der Waals surface area contributed by atoms with E-state index in [-0.39, 0.29) is 25.0 Å². The average molecular weight is 431 g/mol. The van der Waals surface area contributed by atoms with Gasteiger partial charge in [-0.1, -0.05) is 36.4 Å². The van der Waals surface area contributed by atoms with Gasteiger partial charge in [0.25, 0.3) is 5.91 Å². The van der Waals surface area contributed by atoms with Crippen LogP contribution < -0.4 is 5.32 Å². The molecule has 4 rings (SSSR count). The van der Waals surface area contributed by atoms with Crippen LogP contribution in [-0.4, -0.2) is 46.1 Å². The Balaban J connectivity index is 1.49. The maximum absolute atomic E-state index is 12.6. The molecule has 7 heteroatoms. The summed E-state index contributed by atoms with van der Waals surface area (Å²) in [6.07, 6.45) is 2.91. The number of benzene rings is 2. The normalized spacial score (nSPS) is 18.4. The van der Waals surface area contributed by atoms with Crippen molar-refractivity contribution < 1.29 is 19.4 Å². The molecule has 2 N–H and O–H groups in total. The van der Waals surface area contributed by atoms with Crippen LogP contribution in [0, 0.1) is 6.92 Å². The molecule has 2 atom stereocenters. The Labute approximate surface area is 186 Å². The molecule has 0 bridgehead atoms. The summed E-state index contributed by atoms with van der Waals surface area (Å²) in [7, 11) is 0. The Kier molecular flexibility index (Phi) is 6.58. The maximum Gasteiger partial charge on any atom is 0.255 e. The Morgan fingerprint density at radius 1 is 1.16 bits per heavy atom. The molecule has 0 spiro atoms. The molecule has 2 aromatic carbocycles. The SMILES string of the molecule is Cc1ccccc1C(=O)Nc1ccc(C2OCC(=O)N(Cc3cccnc3)C2CO)cc1. The van der Waals surface area contributed by atoms with E-state index in [9.17, 15) is 14.7 Å². The van der Waals surface area contributed by atoms with Crippen molar-refractivity contribution in [3.63, 3.8) is 0 Å². The molecule has 3 aromatic rings. The Bertz CT molecular complexity index is 1090. The lowest BCUT2D eigenvalue weighted by Gasteiger charge is -2.40. The van der Waals surface area contributed by atoms with E-state index in [2.05, 4.69) is 10.3 Å². The number of anilines is 1. The molecule has 1 saturated heterocycles. The van der Waals surface area contributed by atoms with Crippen molar-refractivity contribution in [2.75, 3.05) is 18.5 Å². The van der Waals surface area contributed by atoms with E-state index in [1.807, 2.05) is 49.4 Å². The number of hydrogen-bond donors (Lipinski definition) is 2. The van der Waals surface area contributed by atoms with Gasteiger partial charge in [-0.05, 0) is 47.9 Å². The molecular formula is C25H25N3O4. The standard InChI is InChI=1S/C25H25N3O4/c1-17-5-2-3-7-21(17)25(31)27-20-10-8-19(9-11-20)24-22(15-29)28(23(30)16-32-24)14-18-6-4-12-26-13-18/h2-13,22,24,29H,14-16H2,1H3,(H,27,31). The average Bonchev–Trinajstić information content (AvgIpc) is 2.82. The van der Waals surface area contributed by atoms with Gasteiger partial charge in [0.15, 0.2) is 0 Å². The third-order valence-electron chi connectivity index (χ3n) is 5.61. The van der Waals surface area contributed by atoms with Crippen molar-refractivity contribution in [3.8, 4) is 0 Å². The van der Waals surface area contributed by atoms with E-state index in [0.29, 0.717) is 17.8 Å². The number of aliphatic hydroxyl groups excluding tert-OH is 1. The van der Waals surface area contributed by atoms with Crippen LogP contribution in [0.3, 0.4) is 0 Å². The highest BCUT2D eigenvalue weighted by molar-refractivity contribution is 6.05. The maximum atomic E-state index is 12.6. The highest BCUT2D eigenvalue weighted by Gasteiger charge is 2.37. The molecule has 164 valence electrons. The second-order valence-corrected chi connectivity index (χ2v) is 7.76. The second kappa shape index (κ2) is 9.72. The molecule has 1 aliphatic rings. The van der Waals surface area contributed by atoms with Gasteiger partial charge in [0.05, 0.1) is 12.6 Å². The molecule has 32 heavy (non-hydrogen) atoms. The second-order valence-electron chi connectivity index (χ2n) is 7.76. The molecule has 1 aliphatic heterocycles. The number of aliphatic hydroxyl groups is 1. The van der Waals surface area contributed by atoms with E-state index in [1.54, 1.807) is 35.5 Å². The summed E-state index contributed by atoms with van der Waals surface area (Å²) in [4.78, 5) is 30.8. The van der Waals surface area contributed by atoms with Gasteiger partial charge in [-0.15, -0.1) is 0 Å². The number of carbonyl (C=O) groups excluding carboxylic acids is 2. The van der Waals surface area contributed by atoms with Crippen molar-refractivity contribution in [2.45, 2.75) is 25.6 Å². The van der Waals surface area contributed by atoms with Crippen molar-refractivity contribution in [2.24, 2.45) is 0 Å². The number of carbonyl (C=O) groups is 2. The van der Waals surface area contributed by atoms with Gasteiger partial charge in [-0.2, -0.15) is 0 Å². The number of nitrogens with one attached hydrogen (secondary N) is 1. The molecule has 0 aliphatic carbocycles. The topological polar surface area (TPSA) is 91.8 Å². The van der Waals surface area contributed by atoms with Gasteiger partial charge in [0.2, 0.25) is 5.91 Å². The fourth-order valence-electron chi connectivity index (χ4n) is 3.89. The minimum atomic E-state index is -0.524. The van der Waals surface area contributed by atoms with Gasteiger partial charge >= 0.3 is 0 Å². The first-order chi connectivity index (χ1) is 15.6. The van der Waals surface area contributed by atoms with Crippen LogP contribution >= 0.6 is 0 Å². The Morgan fingerprint density at radius 3 is 2.62 bits per heavy atom. The monoisotopic (exact) mass is 431 g/mol. The number of aromatic nitrogens is 1. The summed E-state index contributed by atoms with van der Waals surface area (Å²) in [5, 5.41) is 13.0. The Hall–Kier alpha value is -3.55. The van der Waals surface area contributed by atoms with Crippen LogP contribution in [-0.2, 0) is 16.1 Å². The predicted octanol–water partition coefficient (Wildman–Crippen LogP) is 3.10. The number of aryl methyl sites for hydroxylation is 1. The zero-order valence-electron chi connectivity index (χ0n) is 17.8. The van der Waals surface area contributed by atoms with Gasteiger partial charge in [0, 0.05) is 30.2 Å². The summed E-state index contributed by atoms with van der Waals surface area (Å²) in [6, 6.07) is 17.9. The Morgan fingerprint density at radius 2 is 1.94 bits per heavy atom. The quantitative estimate of drug-likeness (QED) is 0.626. The minimum absolute atomic E-state index is 0.0623. The predicted molar refractivity (Wildman–Crippen MR) is 120 cm³/mol.